The summed E-state index contributed by atoms with van der Waals surface area (Å²) in [6, 6.07) is 13.0. The van der Waals surface area contributed by atoms with Crippen LogP contribution in [0.5, 0.6) is 0 Å². The van der Waals surface area contributed by atoms with Crippen LogP contribution in [0.3, 0.4) is 0 Å². The maximum Gasteiger partial charge on any atom is 0.258 e. The summed E-state index contributed by atoms with van der Waals surface area (Å²) in [5.74, 6) is -0.191. The molecule has 0 aliphatic rings. The van der Waals surface area contributed by atoms with Gasteiger partial charge in [-0.3, -0.25) is 15.1 Å². The van der Waals surface area contributed by atoms with Crippen LogP contribution in [0.15, 0.2) is 48.7 Å². The van der Waals surface area contributed by atoms with Crippen LogP contribution in [-0.4, -0.2) is 21.1 Å². The predicted octanol–water partition coefficient (Wildman–Crippen LogP) is 3.46. The van der Waals surface area contributed by atoms with Gasteiger partial charge >= 0.3 is 0 Å². The summed E-state index contributed by atoms with van der Waals surface area (Å²) in [4.78, 5) is 16.4. The molecule has 0 aliphatic heterocycles. The van der Waals surface area contributed by atoms with Gasteiger partial charge in [-0.15, -0.1) is 10.2 Å². The van der Waals surface area contributed by atoms with Crippen molar-refractivity contribution < 1.29 is 4.79 Å². The molecule has 2 aromatic heterocycles. The lowest BCUT2D eigenvalue weighted by Gasteiger charge is -2.02. The fourth-order valence-corrected chi connectivity index (χ4v) is 3.02. The minimum absolute atomic E-state index is 0.191. The second-order valence-electron chi connectivity index (χ2n) is 4.06. The standard InChI is InChI=1S/C14H9IN4OS/c15-10-6-2-1-5-9(10)12(20)17-14-19-18-13(21-14)11-7-3-4-8-16-11/h1-8H,(H,17,19,20). The third kappa shape index (κ3) is 3.24. The molecule has 0 spiro atoms. The van der Waals surface area contributed by atoms with E-state index in [-0.39, 0.29) is 5.91 Å². The zero-order chi connectivity index (χ0) is 14.7. The van der Waals surface area contributed by atoms with Gasteiger partial charge in [-0.1, -0.05) is 29.5 Å². The molecule has 0 radical (unpaired) electrons. The third-order valence-corrected chi connectivity index (χ3v) is 4.45. The first kappa shape index (κ1) is 14.1. The largest absolute Gasteiger partial charge is 0.296 e. The Bertz CT molecular complexity index is 775. The van der Waals surface area contributed by atoms with E-state index in [4.69, 9.17) is 0 Å². The Hall–Kier alpha value is -1.87. The van der Waals surface area contributed by atoms with E-state index in [0.717, 1.165) is 9.26 Å². The van der Waals surface area contributed by atoms with E-state index in [0.29, 0.717) is 15.7 Å². The van der Waals surface area contributed by atoms with Crippen molar-refractivity contribution in [1.82, 2.24) is 15.2 Å². The maximum absolute atomic E-state index is 12.2. The summed E-state index contributed by atoms with van der Waals surface area (Å²) in [6.07, 6.45) is 1.70. The van der Waals surface area contributed by atoms with Crippen LogP contribution in [0.2, 0.25) is 0 Å². The zero-order valence-electron chi connectivity index (χ0n) is 10.7. The monoisotopic (exact) mass is 408 g/mol. The Balaban J connectivity index is 1.79. The first-order chi connectivity index (χ1) is 10.2. The minimum Gasteiger partial charge on any atom is -0.296 e. The topological polar surface area (TPSA) is 67.8 Å². The second kappa shape index (κ2) is 6.27. The zero-order valence-corrected chi connectivity index (χ0v) is 13.6. The van der Waals surface area contributed by atoms with Crippen LogP contribution < -0.4 is 5.32 Å². The molecule has 1 amide bonds. The molecule has 21 heavy (non-hydrogen) atoms. The van der Waals surface area contributed by atoms with E-state index < -0.39 is 0 Å². The number of hydrogen-bond donors (Lipinski definition) is 1. The predicted molar refractivity (Wildman–Crippen MR) is 90.3 cm³/mol. The highest BCUT2D eigenvalue weighted by molar-refractivity contribution is 14.1. The molecular formula is C14H9IN4OS. The smallest absolute Gasteiger partial charge is 0.258 e. The molecule has 0 saturated heterocycles. The molecule has 0 atom stereocenters. The lowest BCUT2D eigenvalue weighted by Crippen LogP contribution is -2.13. The van der Waals surface area contributed by atoms with Gasteiger partial charge in [0.1, 0.15) is 5.69 Å². The molecule has 1 aromatic carbocycles. The average molecular weight is 408 g/mol. The molecule has 0 saturated carbocycles. The van der Waals surface area contributed by atoms with E-state index >= 15 is 0 Å². The molecule has 7 heteroatoms. The summed E-state index contributed by atoms with van der Waals surface area (Å²) < 4.78 is 0.891. The average Bonchev–Trinajstić information content (AvgIpc) is 2.97. The third-order valence-electron chi connectivity index (χ3n) is 2.65. The number of anilines is 1. The number of nitrogens with one attached hydrogen (secondary N) is 1. The SMILES string of the molecule is O=C(Nc1nnc(-c2ccccn2)s1)c1ccccc1I. The van der Waals surface area contributed by atoms with E-state index in [9.17, 15) is 4.79 Å². The van der Waals surface area contributed by atoms with Crippen molar-refractivity contribution in [3.05, 3.63) is 57.8 Å². The van der Waals surface area contributed by atoms with Crippen LogP contribution in [-0.2, 0) is 0 Å². The molecule has 2 heterocycles. The number of hydrogen-bond acceptors (Lipinski definition) is 5. The Kier molecular flexibility index (Phi) is 4.20. The van der Waals surface area contributed by atoms with Crippen molar-refractivity contribution in [3.63, 3.8) is 0 Å². The van der Waals surface area contributed by atoms with Crippen LogP contribution in [0.1, 0.15) is 10.4 Å². The van der Waals surface area contributed by atoms with Crippen molar-refractivity contribution >= 4 is 45.0 Å². The van der Waals surface area contributed by atoms with Crippen LogP contribution >= 0.6 is 33.9 Å². The molecule has 0 fully saturated rings. The van der Waals surface area contributed by atoms with Crippen molar-refractivity contribution in [1.29, 1.82) is 0 Å². The summed E-state index contributed by atoms with van der Waals surface area (Å²) >= 11 is 3.43. The van der Waals surface area contributed by atoms with Gasteiger partial charge in [0.2, 0.25) is 5.13 Å². The van der Waals surface area contributed by atoms with Gasteiger partial charge in [-0.05, 0) is 46.9 Å². The quantitative estimate of drug-likeness (QED) is 0.675. The lowest BCUT2D eigenvalue weighted by atomic mass is 10.2. The fourth-order valence-electron chi connectivity index (χ4n) is 1.68. The van der Waals surface area contributed by atoms with Crippen LogP contribution in [0.4, 0.5) is 5.13 Å². The number of pyridine rings is 1. The van der Waals surface area contributed by atoms with E-state index in [1.165, 1.54) is 11.3 Å². The maximum atomic E-state index is 12.2. The number of amides is 1. The highest BCUT2D eigenvalue weighted by Gasteiger charge is 2.13. The van der Waals surface area contributed by atoms with Crippen molar-refractivity contribution in [2.75, 3.05) is 5.32 Å². The Morgan fingerprint density at radius 2 is 1.90 bits per heavy atom. The van der Waals surface area contributed by atoms with Crippen molar-refractivity contribution in [2.45, 2.75) is 0 Å². The summed E-state index contributed by atoms with van der Waals surface area (Å²) in [5, 5.41) is 11.9. The molecule has 1 N–H and O–H groups in total. The summed E-state index contributed by atoms with van der Waals surface area (Å²) in [5.41, 5.74) is 1.36. The highest BCUT2D eigenvalue weighted by Crippen LogP contribution is 2.25. The summed E-state index contributed by atoms with van der Waals surface area (Å²) in [6.45, 7) is 0. The Morgan fingerprint density at radius 3 is 2.67 bits per heavy atom. The Morgan fingerprint density at radius 1 is 1.10 bits per heavy atom. The number of rotatable bonds is 3. The molecule has 0 aliphatic carbocycles. The van der Waals surface area contributed by atoms with Crippen molar-refractivity contribution in [3.8, 4) is 10.7 Å². The molecule has 5 nitrogen and oxygen atoms in total. The molecule has 3 rings (SSSR count). The van der Waals surface area contributed by atoms with Gasteiger partial charge < -0.3 is 0 Å². The van der Waals surface area contributed by atoms with Crippen LogP contribution in [0.25, 0.3) is 10.7 Å². The fraction of sp³-hybridized carbons (Fsp3) is 0. The van der Waals surface area contributed by atoms with Gasteiger partial charge in [0.15, 0.2) is 5.01 Å². The molecule has 3 aromatic rings. The molecule has 104 valence electrons. The first-order valence-electron chi connectivity index (χ1n) is 6.05. The number of aromatic nitrogens is 3. The molecule has 0 unspecified atom stereocenters. The van der Waals surface area contributed by atoms with Gasteiger partial charge in [0.25, 0.3) is 5.91 Å². The van der Waals surface area contributed by atoms with E-state index in [2.05, 4.69) is 43.1 Å². The van der Waals surface area contributed by atoms with Crippen molar-refractivity contribution in [2.24, 2.45) is 0 Å². The highest BCUT2D eigenvalue weighted by atomic mass is 127. The van der Waals surface area contributed by atoms with Gasteiger partial charge in [0, 0.05) is 9.77 Å². The molecular weight excluding hydrogens is 399 g/mol. The van der Waals surface area contributed by atoms with Crippen LogP contribution in [0, 0.1) is 3.57 Å². The number of benzene rings is 1. The van der Waals surface area contributed by atoms with E-state index in [1.807, 2.05) is 36.4 Å². The number of nitrogens with zero attached hydrogens (tertiary/aromatic N) is 3. The van der Waals surface area contributed by atoms with Gasteiger partial charge in [0.05, 0.1) is 5.56 Å². The Labute approximate surface area is 138 Å². The number of halogens is 1. The first-order valence-corrected chi connectivity index (χ1v) is 7.94. The second-order valence-corrected chi connectivity index (χ2v) is 6.20. The normalized spacial score (nSPS) is 10.3. The number of carbonyl (C=O) groups is 1. The number of carbonyl (C=O) groups excluding carboxylic acids is 1. The van der Waals surface area contributed by atoms with E-state index in [1.54, 1.807) is 12.3 Å². The lowest BCUT2D eigenvalue weighted by molar-refractivity contribution is 0.102. The molecule has 0 bridgehead atoms. The summed E-state index contributed by atoms with van der Waals surface area (Å²) in [7, 11) is 0. The van der Waals surface area contributed by atoms with Gasteiger partial charge in [-0.2, -0.15) is 0 Å². The van der Waals surface area contributed by atoms with Gasteiger partial charge in [-0.25, -0.2) is 0 Å². The minimum atomic E-state index is -0.191.